The van der Waals surface area contributed by atoms with E-state index in [2.05, 4.69) is 12.1 Å². The van der Waals surface area contributed by atoms with Crippen LogP contribution in [0.4, 0.5) is 0 Å². The zero-order valence-corrected chi connectivity index (χ0v) is 12.5. The van der Waals surface area contributed by atoms with Gasteiger partial charge in [0.15, 0.2) is 0 Å². The Morgan fingerprint density at radius 3 is 2.33 bits per heavy atom. The molecule has 108 valence electrons. The first-order valence-corrected chi connectivity index (χ1v) is 7.18. The van der Waals surface area contributed by atoms with Crippen LogP contribution < -0.4 is 4.74 Å². The number of carbonyl (C=O) groups excluding carboxylic acids is 1. The monoisotopic (exact) mass is 280 g/mol. The maximum absolute atomic E-state index is 11.4. The zero-order valence-electron chi connectivity index (χ0n) is 12.5. The van der Waals surface area contributed by atoms with Gasteiger partial charge in [-0.15, -0.1) is 0 Å². The van der Waals surface area contributed by atoms with E-state index in [1.807, 2.05) is 56.3 Å². The molecule has 0 amide bonds. The van der Waals surface area contributed by atoms with E-state index in [0.717, 1.165) is 22.4 Å². The summed E-state index contributed by atoms with van der Waals surface area (Å²) in [5.74, 6) is 1.03. The summed E-state index contributed by atoms with van der Waals surface area (Å²) in [6.07, 6.45) is 2.83. The van der Waals surface area contributed by atoms with Crippen LogP contribution in [0.3, 0.4) is 0 Å². The normalized spacial score (nSPS) is 11.2. The second-order valence-corrected chi connectivity index (χ2v) is 5.00. The van der Waals surface area contributed by atoms with Crippen LogP contribution >= 0.6 is 0 Å². The fraction of sp³-hybridized carbons (Fsp3) is 0.211. The van der Waals surface area contributed by atoms with E-state index in [0.29, 0.717) is 12.8 Å². The van der Waals surface area contributed by atoms with Crippen molar-refractivity contribution in [1.82, 2.24) is 0 Å². The highest BCUT2D eigenvalue weighted by Gasteiger charge is 2.01. The molecule has 0 spiro atoms. The number of benzene rings is 2. The van der Waals surface area contributed by atoms with Crippen LogP contribution in [0, 0.1) is 0 Å². The first kappa shape index (κ1) is 15.0. The van der Waals surface area contributed by atoms with Crippen molar-refractivity contribution in [3.8, 4) is 5.75 Å². The summed E-state index contributed by atoms with van der Waals surface area (Å²) in [7, 11) is 0. The molecule has 0 radical (unpaired) electrons. The van der Waals surface area contributed by atoms with Gasteiger partial charge in [0.2, 0.25) is 0 Å². The number of ether oxygens (including phenoxy) is 1. The maximum Gasteiger partial charge on any atom is 0.136 e. The number of ketones is 1. The molecule has 0 aromatic heterocycles. The summed E-state index contributed by atoms with van der Waals surface area (Å²) in [6.45, 7) is 3.90. The van der Waals surface area contributed by atoms with Gasteiger partial charge in [0.1, 0.15) is 11.5 Å². The Kier molecular flexibility index (Phi) is 5.33. The highest BCUT2D eigenvalue weighted by Crippen LogP contribution is 2.17. The minimum absolute atomic E-state index is 0.253. The Bertz CT molecular complexity index is 610. The Hall–Kier alpha value is -2.35. The highest BCUT2D eigenvalue weighted by atomic mass is 16.5. The first-order valence-electron chi connectivity index (χ1n) is 7.18. The van der Waals surface area contributed by atoms with Gasteiger partial charge in [0.05, 0.1) is 6.26 Å². The predicted molar refractivity (Wildman–Crippen MR) is 86.2 cm³/mol. The zero-order chi connectivity index (χ0) is 15.1. The van der Waals surface area contributed by atoms with Gasteiger partial charge in [-0.25, -0.2) is 0 Å². The van der Waals surface area contributed by atoms with Crippen LogP contribution in [-0.2, 0) is 11.2 Å². The molecule has 0 unspecified atom stereocenters. The van der Waals surface area contributed by atoms with Gasteiger partial charge >= 0.3 is 0 Å². The van der Waals surface area contributed by atoms with Crippen LogP contribution in [0.2, 0.25) is 0 Å². The lowest BCUT2D eigenvalue weighted by Gasteiger charge is -2.05. The topological polar surface area (TPSA) is 26.3 Å². The van der Waals surface area contributed by atoms with Crippen molar-refractivity contribution in [2.24, 2.45) is 0 Å². The van der Waals surface area contributed by atoms with Gasteiger partial charge in [-0.2, -0.15) is 0 Å². The first-order chi connectivity index (χ1) is 10.2. The number of carbonyl (C=O) groups is 1. The molecule has 0 saturated heterocycles. The SMILES string of the molecule is CCC(=O)Cc1ccc(OC=C(C)c2ccccc2)cc1. The largest absolute Gasteiger partial charge is 0.465 e. The third-order valence-electron chi connectivity index (χ3n) is 3.32. The minimum atomic E-state index is 0.253. The molecule has 0 fully saturated rings. The van der Waals surface area contributed by atoms with Crippen LogP contribution in [0.25, 0.3) is 5.57 Å². The summed E-state index contributed by atoms with van der Waals surface area (Å²) in [4.78, 5) is 11.4. The van der Waals surface area contributed by atoms with E-state index in [1.54, 1.807) is 6.26 Å². The average molecular weight is 280 g/mol. The van der Waals surface area contributed by atoms with Crippen LogP contribution in [-0.4, -0.2) is 5.78 Å². The van der Waals surface area contributed by atoms with E-state index in [9.17, 15) is 4.79 Å². The molecule has 0 aliphatic rings. The number of hydrogen-bond acceptors (Lipinski definition) is 2. The van der Waals surface area contributed by atoms with Gasteiger partial charge in [0, 0.05) is 12.8 Å². The second-order valence-electron chi connectivity index (χ2n) is 5.00. The summed E-state index contributed by atoms with van der Waals surface area (Å²) < 4.78 is 5.66. The third-order valence-corrected chi connectivity index (χ3v) is 3.32. The quantitative estimate of drug-likeness (QED) is 0.720. The molecule has 2 rings (SSSR count). The van der Waals surface area contributed by atoms with Gasteiger partial charge < -0.3 is 4.74 Å². The van der Waals surface area contributed by atoms with E-state index in [4.69, 9.17) is 4.74 Å². The molecule has 2 aromatic carbocycles. The molecular formula is C19H20O2. The number of Topliss-reactive ketones (excluding diaryl/α,β-unsaturated/α-hetero) is 1. The molecule has 0 aliphatic heterocycles. The molecule has 2 heteroatoms. The van der Waals surface area contributed by atoms with Gasteiger partial charge in [-0.3, -0.25) is 4.79 Å². The minimum Gasteiger partial charge on any atom is -0.465 e. The van der Waals surface area contributed by atoms with Crippen molar-refractivity contribution in [2.75, 3.05) is 0 Å². The van der Waals surface area contributed by atoms with E-state index in [1.165, 1.54) is 0 Å². The van der Waals surface area contributed by atoms with Crippen LogP contribution in [0.15, 0.2) is 60.9 Å². The van der Waals surface area contributed by atoms with E-state index >= 15 is 0 Å². The van der Waals surface area contributed by atoms with Crippen molar-refractivity contribution in [3.63, 3.8) is 0 Å². The number of rotatable bonds is 6. The third kappa shape index (κ3) is 4.60. The Labute approximate surface area is 126 Å². The average Bonchev–Trinajstić information content (AvgIpc) is 2.54. The summed E-state index contributed by atoms with van der Waals surface area (Å²) in [5.41, 5.74) is 3.24. The molecule has 0 N–H and O–H groups in total. The molecule has 0 aliphatic carbocycles. The lowest BCUT2D eigenvalue weighted by Crippen LogP contribution is -1.99. The van der Waals surface area contributed by atoms with Gasteiger partial charge in [0.25, 0.3) is 0 Å². The molecule has 2 aromatic rings. The molecule has 2 nitrogen and oxygen atoms in total. The lowest BCUT2D eigenvalue weighted by atomic mass is 10.1. The van der Waals surface area contributed by atoms with Gasteiger partial charge in [-0.1, -0.05) is 49.4 Å². The van der Waals surface area contributed by atoms with Crippen molar-refractivity contribution in [2.45, 2.75) is 26.7 Å². The predicted octanol–water partition coefficient (Wildman–Crippen LogP) is 4.65. The standard InChI is InChI=1S/C19H20O2/c1-3-18(20)13-16-9-11-19(12-10-16)21-14-15(2)17-7-5-4-6-8-17/h4-12,14H,3,13H2,1-2H3. The maximum atomic E-state index is 11.4. The summed E-state index contributed by atoms with van der Waals surface area (Å²) >= 11 is 0. The van der Waals surface area contributed by atoms with Crippen molar-refractivity contribution in [3.05, 3.63) is 72.0 Å². The second kappa shape index (κ2) is 7.44. The Morgan fingerprint density at radius 1 is 1.05 bits per heavy atom. The van der Waals surface area contributed by atoms with Gasteiger partial charge in [-0.05, 0) is 35.8 Å². The Morgan fingerprint density at radius 2 is 1.71 bits per heavy atom. The Balaban J connectivity index is 1.99. The number of hydrogen-bond donors (Lipinski definition) is 0. The van der Waals surface area contributed by atoms with E-state index in [-0.39, 0.29) is 5.78 Å². The van der Waals surface area contributed by atoms with Crippen molar-refractivity contribution >= 4 is 11.4 Å². The molecular weight excluding hydrogens is 260 g/mol. The molecule has 0 atom stereocenters. The summed E-state index contributed by atoms with van der Waals surface area (Å²) in [5, 5.41) is 0. The number of allylic oxidation sites excluding steroid dienone is 1. The van der Waals surface area contributed by atoms with Crippen molar-refractivity contribution < 1.29 is 9.53 Å². The fourth-order valence-corrected chi connectivity index (χ4v) is 1.96. The molecule has 21 heavy (non-hydrogen) atoms. The fourth-order valence-electron chi connectivity index (χ4n) is 1.96. The smallest absolute Gasteiger partial charge is 0.136 e. The van der Waals surface area contributed by atoms with Crippen LogP contribution in [0.5, 0.6) is 5.75 Å². The molecule has 0 bridgehead atoms. The molecule has 0 saturated carbocycles. The van der Waals surface area contributed by atoms with E-state index < -0.39 is 0 Å². The lowest BCUT2D eigenvalue weighted by molar-refractivity contribution is -0.118. The van der Waals surface area contributed by atoms with Crippen LogP contribution in [0.1, 0.15) is 31.4 Å². The summed E-state index contributed by atoms with van der Waals surface area (Å²) in [6, 6.07) is 17.8. The molecule has 0 heterocycles. The van der Waals surface area contributed by atoms with Crippen molar-refractivity contribution in [1.29, 1.82) is 0 Å². The highest BCUT2D eigenvalue weighted by molar-refractivity contribution is 5.80.